The van der Waals surface area contributed by atoms with Crippen molar-refractivity contribution in [2.24, 2.45) is 5.92 Å². The van der Waals surface area contributed by atoms with Crippen molar-refractivity contribution in [1.82, 2.24) is 14.7 Å². The number of hydrogen-bond donors (Lipinski definition) is 1. The maximum atomic E-state index is 13.0. The van der Waals surface area contributed by atoms with Gasteiger partial charge in [0.05, 0.1) is 0 Å². The first kappa shape index (κ1) is 17.6. The fourth-order valence-electron chi connectivity index (χ4n) is 4.14. The lowest BCUT2D eigenvalue weighted by atomic mass is 9.84. The molecule has 0 aromatic carbocycles. The van der Waals surface area contributed by atoms with Crippen molar-refractivity contribution in [1.29, 1.82) is 0 Å². The lowest BCUT2D eigenvalue weighted by molar-refractivity contribution is -0.141. The molecule has 0 bridgehead atoms. The molecule has 1 aliphatic heterocycles. The molecule has 1 aromatic rings. The van der Waals surface area contributed by atoms with Crippen LogP contribution < -0.4 is 5.56 Å². The summed E-state index contributed by atoms with van der Waals surface area (Å²) in [6.07, 6.45) is 6.16. The Labute approximate surface area is 146 Å². The Balaban J connectivity index is 1.89. The summed E-state index contributed by atoms with van der Waals surface area (Å²) in [7, 11) is 0. The Bertz CT molecular complexity index is 715. The largest absolute Gasteiger partial charge is 0.480 e. The summed E-state index contributed by atoms with van der Waals surface area (Å²) < 4.78 is 1.31. The number of carbonyl (C=O) groups is 2. The third-order valence-electron chi connectivity index (χ3n) is 5.42. The molecule has 2 heterocycles. The number of nitrogens with zero attached hydrogens (tertiary/aromatic N) is 3. The van der Waals surface area contributed by atoms with E-state index in [2.05, 4.69) is 5.10 Å². The van der Waals surface area contributed by atoms with Crippen LogP contribution in [0.1, 0.15) is 62.4 Å². The maximum Gasteiger partial charge on any atom is 0.326 e. The van der Waals surface area contributed by atoms with E-state index in [1.807, 2.05) is 6.92 Å². The van der Waals surface area contributed by atoms with Gasteiger partial charge in [-0.15, -0.1) is 0 Å². The van der Waals surface area contributed by atoms with Crippen LogP contribution >= 0.6 is 0 Å². The lowest BCUT2D eigenvalue weighted by Gasteiger charge is -2.32. The van der Waals surface area contributed by atoms with Gasteiger partial charge in [-0.3, -0.25) is 9.59 Å². The van der Waals surface area contributed by atoms with Crippen LogP contribution in [0.25, 0.3) is 0 Å². The molecule has 1 aromatic heterocycles. The first-order valence-corrected chi connectivity index (χ1v) is 9.16. The Kier molecular flexibility index (Phi) is 5.20. The summed E-state index contributed by atoms with van der Waals surface area (Å²) in [5.41, 5.74) is -0.0788. The Morgan fingerprint density at radius 2 is 2.04 bits per heavy atom. The lowest BCUT2D eigenvalue weighted by Crippen LogP contribution is -2.47. The second-order valence-electron chi connectivity index (χ2n) is 7.05. The van der Waals surface area contributed by atoms with E-state index in [1.54, 1.807) is 0 Å². The molecule has 136 valence electrons. The van der Waals surface area contributed by atoms with Crippen molar-refractivity contribution in [2.75, 3.05) is 0 Å². The fourth-order valence-corrected chi connectivity index (χ4v) is 4.14. The topological polar surface area (TPSA) is 92.5 Å². The minimum atomic E-state index is -0.956. The van der Waals surface area contributed by atoms with Gasteiger partial charge in [-0.25, -0.2) is 9.48 Å². The van der Waals surface area contributed by atoms with Gasteiger partial charge in [0.15, 0.2) is 0 Å². The smallest absolute Gasteiger partial charge is 0.326 e. The number of amides is 1. The van der Waals surface area contributed by atoms with E-state index in [1.165, 1.54) is 21.7 Å². The van der Waals surface area contributed by atoms with Gasteiger partial charge >= 0.3 is 5.97 Å². The van der Waals surface area contributed by atoms with Crippen LogP contribution in [0.3, 0.4) is 0 Å². The molecule has 1 aliphatic carbocycles. The summed E-state index contributed by atoms with van der Waals surface area (Å²) in [4.78, 5) is 38.1. The van der Waals surface area contributed by atoms with E-state index >= 15 is 0 Å². The van der Waals surface area contributed by atoms with Gasteiger partial charge < -0.3 is 10.0 Å². The molecule has 3 rings (SSSR count). The Morgan fingerprint density at radius 3 is 2.76 bits per heavy atom. The third-order valence-corrected chi connectivity index (χ3v) is 5.42. The van der Waals surface area contributed by atoms with E-state index in [0.29, 0.717) is 13.0 Å². The molecule has 7 nitrogen and oxygen atoms in total. The van der Waals surface area contributed by atoms with Crippen LogP contribution in [0, 0.1) is 5.92 Å². The zero-order valence-electron chi connectivity index (χ0n) is 14.6. The molecule has 25 heavy (non-hydrogen) atoms. The van der Waals surface area contributed by atoms with Gasteiger partial charge in [0, 0.05) is 18.7 Å². The molecular weight excluding hydrogens is 322 g/mol. The van der Waals surface area contributed by atoms with E-state index < -0.39 is 12.0 Å². The highest BCUT2D eigenvalue weighted by Crippen LogP contribution is 2.40. The van der Waals surface area contributed by atoms with Crippen LogP contribution in [0.5, 0.6) is 0 Å². The standard InChI is InChI=1S/C18H25N3O4/c1-2-3-10-20-16(22)9-8-13(19-20)17(23)21-14-7-5-4-6-12(14)11-15(21)18(24)25/h8-9,12,14-15H,2-7,10-11H2,1H3,(H,24,25)/t12-,14-,15+/m1/s1. The van der Waals surface area contributed by atoms with Gasteiger partial charge in [0.2, 0.25) is 0 Å². The fraction of sp³-hybridized carbons (Fsp3) is 0.667. The second kappa shape index (κ2) is 7.37. The number of likely N-dealkylation sites (tertiary alicyclic amines) is 1. The SMILES string of the molecule is CCCCn1nc(C(=O)N2[C@@H]3CCCC[C@@H]3C[C@H]2C(=O)O)ccc1=O. The first-order chi connectivity index (χ1) is 12.0. The van der Waals surface area contributed by atoms with Crippen LogP contribution in [-0.4, -0.2) is 43.7 Å². The number of aliphatic carboxylic acids is 1. The summed E-state index contributed by atoms with van der Waals surface area (Å²) in [6, 6.07) is 1.95. The quantitative estimate of drug-likeness (QED) is 0.878. The molecule has 1 N–H and O–H groups in total. The predicted octanol–water partition coefficient (Wildman–Crippen LogP) is 1.90. The number of rotatable bonds is 5. The molecular formula is C18H25N3O4. The van der Waals surface area contributed by atoms with Crippen LogP contribution in [0.15, 0.2) is 16.9 Å². The monoisotopic (exact) mass is 347 g/mol. The molecule has 0 radical (unpaired) electrons. The number of aromatic nitrogens is 2. The van der Waals surface area contributed by atoms with Crippen molar-refractivity contribution < 1.29 is 14.7 Å². The van der Waals surface area contributed by atoms with E-state index in [4.69, 9.17) is 0 Å². The number of hydrogen-bond acceptors (Lipinski definition) is 4. The van der Waals surface area contributed by atoms with Crippen molar-refractivity contribution in [3.63, 3.8) is 0 Å². The second-order valence-corrected chi connectivity index (χ2v) is 7.05. The van der Waals surface area contributed by atoms with Gasteiger partial charge in [0.1, 0.15) is 11.7 Å². The number of carboxylic acid groups (broad SMARTS) is 1. The molecule has 0 unspecified atom stereocenters. The third kappa shape index (κ3) is 3.45. The highest BCUT2D eigenvalue weighted by atomic mass is 16.4. The van der Waals surface area contributed by atoms with E-state index in [0.717, 1.165) is 38.5 Å². The molecule has 0 spiro atoms. The summed E-state index contributed by atoms with van der Waals surface area (Å²) >= 11 is 0. The Hall–Kier alpha value is -2.18. The summed E-state index contributed by atoms with van der Waals surface area (Å²) in [5.74, 6) is -1.07. The van der Waals surface area contributed by atoms with Crippen LogP contribution in [0.4, 0.5) is 0 Å². The average molecular weight is 347 g/mol. The minimum Gasteiger partial charge on any atom is -0.480 e. The highest BCUT2D eigenvalue weighted by Gasteiger charge is 2.48. The zero-order chi connectivity index (χ0) is 18.0. The molecule has 3 atom stereocenters. The molecule has 1 amide bonds. The maximum absolute atomic E-state index is 13.0. The van der Waals surface area contributed by atoms with Crippen LogP contribution in [-0.2, 0) is 11.3 Å². The molecule has 2 fully saturated rings. The van der Waals surface area contributed by atoms with Gasteiger partial charge in [0.25, 0.3) is 11.5 Å². The van der Waals surface area contributed by atoms with Crippen molar-refractivity contribution >= 4 is 11.9 Å². The summed E-state index contributed by atoms with van der Waals surface area (Å²) in [5, 5.41) is 13.8. The van der Waals surface area contributed by atoms with Gasteiger partial charge in [-0.1, -0.05) is 26.2 Å². The first-order valence-electron chi connectivity index (χ1n) is 9.16. The molecule has 1 saturated heterocycles. The number of carbonyl (C=O) groups excluding carboxylic acids is 1. The number of aryl methyl sites for hydroxylation is 1. The predicted molar refractivity (Wildman–Crippen MR) is 91.4 cm³/mol. The van der Waals surface area contributed by atoms with E-state index in [-0.39, 0.29) is 29.1 Å². The molecule has 2 aliphatic rings. The van der Waals surface area contributed by atoms with Gasteiger partial charge in [-0.2, -0.15) is 5.10 Å². The highest BCUT2D eigenvalue weighted by molar-refractivity contribution is 5.95. The number of carboxylic acids is 1. The molecule has 1 saturated carbocycles. The van der Waals surface area contributed by atoms with E-state index in [9.17, 15) is 19.5 Å². The van der Waals surface area contributed by atoms with Crippen molar-refractivity contribution in [2.45, 2.75) is 70.5 Å². The Morgan fingerprint density at radius 1 is 1.28 bits per heavy atom. The average Bonchev–Trinajstić information content (AvgIpc) is 3.00. The molecule has 7 heteroatoms. The van der Waals surface area contributed by atoms with Crippen molar-refractivity contribution in [3.05, 3.63) is 28.2 Å². The van der Waals surface area contributed by atoms with Gasteiger partial charge in [-0.05, 0) is 37.7 Å². The summed E-state index contributed by atoms with van der Waals surface area (Å²) in [6.45, 7) is 2.48. The van der Waals surface area contributed by atoms with Crippen LogP contribution in [0.2, 0.25) is 0 Å². The zero-order valence-corrected chi connectivity index (χ0v) is 14.6. The normalized spacial score (nSPS) is 25.6. The minimum absolute atomic E-state index is 0.0276. The number of unbranched alkanes of at least 4 members (excludes halogenated alkanes) is 1. The number of fused-ring (bicyclic) bond motifs is 1. The van der Waals surface area contributed by atoms with Crippen molar-refractivity contribution in [3.8, 4) is 0 Å².